The number of carbonyl (C=O) groups excluding carboxylic acids is 2. The van der Waals surface area contributed by atoms with Crippen molar-refractivity contribution < 1.29 is 9.59 Å². The van der Waals surface area contributed by atoms with Crippen LogP contribution < -0.4 is 10.6 Å². The molecule has 6 rings (SSSR count). The molecule has 200 valence electrons. The van der Waals surface area contributed by atoms with Crippen LogP contribution in [0.1, 0.15) is 88.3 Å². The summed E-state index contributed by atoms with van der Waals surface area (Å²) in [5.74, 6) is 2.72. The van der Waals surface area contributed by atoms with Crippen LogP contribution in [0.25, 0.3) is 0 Å². The van der Waals surface area contributed by atoms with Crippen LogP contribution in [0.5, 0.6) is 0 Å². The number of amides is 2. The molecular formula is C29H37N7O2. The van der Waals surface area contributed by atoms with Crippen molar-refractivity contribution in [1.29, 1.82) is 0 Å². The molecule has 8 unspecified atom stereocenters. The molecule has 2 aliphatic carbocycles. The highest BCUT2D eigenvalue weighted by atomic mass is 16.2. The van der Waals surface area contributed by atoms with E-state index in [2.05, 4.69) is 20.6 Å². The van der Waals surface area contributed by atoms with Crippen LogP contribution in [0.4, 0.5) is 5.69 Å². The second-order valence-electron chi connectivity index (χ2n) is 11.5. The summed E-state index contributed by atoms with van der Waals surface area (Å²) in [7, 11) is 0. The van der Waals surface area contributed by atoms with Gasteiger partial charge in [-0.2, -0.15) is 10.2 Å². The van der Waals surface area contributed by atoms with Crippen molar-refractivity contribution in [2.24, 2.45) is 39.8 Å². The lowest BCUT2D eigenvalue weighted by Crippen LogP contribution is -2.44. The van der Waals surface area contributed by atoms with Crippen LogP contribution >= 0.6 is 0 Å². The Morgan fingerprint density at radius 1 is 0.947 bits per heavy atom. The van der Waals surface area contributed by atoms with Crippen molar-refractivity contribution in [3.63, 3.8) is 0 Å². The van der Waals surface area contributed by atoms with Crippen LogP contribution in [-0.4, -0.2) is 32.8 Å². The zero-order chi connectivity index (χ0) is 26.1. The van der Waals surface area contributed by atoms with Gasteiger partial charge in [0.25, 0.3) is 0 Å². The Kier molecular flexibility index (Phi) is 7.17. The fraction of sp³-hybridized carbons (Fsp3) is 0.621. The Labute approximate surface area is 223 Å². The van der Waals surface area contributed by atoms with E-state index in [1.807, 2.05) is 25.1 Å². The van der Waals surface area contributed by atoms with E-state index in [1.54, 1.807) is 18.6 Å². The van der Waals surface area contributed by atoms with E-state index in [-0.39, 0.29) is 47.7 Å². The molecule has 1 saturated heterocycles. The minimum Gasteiger partial charge on any atom is -0.353 e. The van der Waals surface area contributed by atoms with Gasteiger partial charge < -0.3 is 10.6 Å². The quantitative estimate of drug-likeness (QED) is 0.567. The number of rotatable bonds is 5. The number of nitrogens with one attached hydrogen (secondary N) is 2. The summed E-state index contributed by atoms with van der Waals surface area (Å²) >= 11 is 0. The lowest BCUT2D eigenvalue weighted by Gasteiger charge is -2.41. The highest BCUT2D eigenvalue weighted by Gasteiger charge is 2.47. The molecular weight excluding hydrogens is 478 g/mol. The van der Waals surface area contributed by atoms with Gasteiger partial charge in [-0.05, 0) is 93.2 Å². The second kappa shape index (κ2) is 10.9. The average molecular weight is 516 g/mol. The van der Waals surface area contributed by atoms with Gasteiger partial charge in [-0.15, -0.1) is 0 Å². The number of azo groups is 1. The molecule has 38 heavy (non-hydrogen) atoms. The first kappa shape index (κ1) is 25.1. The Morgan fingerprint density at radius 3 is 2.45 bits per heavy atom. The molecule has 3 fully saturated rings. The maximum absolute atomic E-state index is 12.9. The highest BCUT2D eigenvalue weighted by Crippen LogP contribution is 2.51. The molecule has 0 aromatic carbocycles. The summed E-state index contributed by atoms with van der Waals surface area (Å²) in [6.45, 7) is 1.99. The summed E-state index contributed by atoms with van der Waals surface area (Å²) < 4.78 is 0. The molecule has 9 heteroatoms. The van der Waals surface area contributed by atoms with Gasteiger partial charge in [0.15, 0.2) is 5.82 Å². The fourth-order valence-corrected chi connectivity index (χ4v) is 7.18. The van der Waals surface area contributed by atoms with Crippen molar-refractivity contribution in [2.75, 3.05) is 5.32 Å². The highest BCUT2D eigenvalue weighted by molar-refractivity contribution is 5.90. The first-order chi connectivity index (χ1) is 18.6. The van der Waals surface area contributed by atoms with E-state index < -0.39 is 0 Å². The largest absolute Gasteiger partial charge is 0.353 e. The first-order valence-electron chi connectivity index (χ1n) is 14.3. The average Bonchev–Trinajstić information content (AvgIpc) is 2.98. The van der Waals surface area contributed by atoms with Gasteiger partial charge in [0.2, 0.25) is 11.8 Å². The van der Waals surface area contributed by atoms with E-state index in [1.165, 1.54) is 6.42 Å². The third-order valence-corrected chi connectivity index (χ3v) is 9.32. The lowest BCUT2D eigenvalue weighted by molar-refractivity contribution is -0.129. The van der Waals surface area contributed by atoms with Gasteiger partial charge >= 0.3 is 0 Å². The number of anilines is 1. The minimum absolute atomic E-state index is 0.00364. The van der Waals surface area contributed by atoms with Crippen LogP contribution in [0.2, 0.25) is 0 Å². The topological polar surface area (TPSA) is 122 Å². The Hall–Kier alpha value is -3.23. The van der Waals surface area contributed by atoms with Gasteiger partial charge in [0.1, 0.15) is 12.1 Å². The molecule has 2 aliphatic heterocycles. The maximum Gasteiger partial charge on any atom is 0.224 e. The van der Waals surface area contributed by atoms with Crippen molar-refractivity contribution in [3.8, 4) is 0 Å². The Balaban J connectivity index is 1.27. The third-order valence-electron chi connectivity index (χ3n) is 9.32. The molecule has 2 aromatic rings. The number of hydrogen-bond acceptors (Lipinski definition) is 7. The first-order valence-corrected chi connectivity index (χ1v) is 14.3. The fourth-order valence-electron chi connectivity index (χ4n) is 7.18. The molecule has 2 amide bonds. The summed E-state index contributed by atoms with van der Waals surface area (Å²) in [4.78, 5) is 38.7. The standard InChI is InChI=1S/C29H37N7O2/c1-2-4-25(37)33-19-7-11-24(32-16-19)26-21-9-6-18-15-17-5-8-20(17)29(38)34-23(18)12-10-22(21)27(36-35-26)28-30-13-3-14-31-28/h3,7,11,13-14,16-18,20-23,26-27H,2,4-6,8-10,12,15H2,1H3,(H,33,37)(H,34,38). The van der Waals surface area contributed by atoms with E-state index in [0.717, 1.165) is 50.6 Å². The Bertz CT molecular complexity index is 1170. The Morgan fingerprint density at radius 2 is 1.71 bits per heavy atom. The van der Waals surface area contributed by atoms with E-state index in [0.29, 0.717) is 29.8 Å². The van der Waals surface area contributed by atoms with Crippen LogP contribution in [0.15, 0.2) is 47.0 Å². The molecule has 0 radical (unpaired) electrons. The van der Waals surface area contributed by atoms with Crippen LogP contribution in [0.3, 0.4) is 0 Å². The summed E-state index contributed by atoms with van der Waals surface area (Å²) in [5, 5.41) is 16.0. The summed E-state index contributed by atoms with van der Waals surface area (Å²) in [6.07, 6.45) is 13.9. The second-order valence-corrected chi connectivity index (χ2v) is 11.5. The maximum atomic E-state index is 12.9. The molecule has 0 bridgehead atoms. The van der Waals surface area contributed by atoms with Crippen molar-refractivity contribution >= 4 is 17.5 Å². The number of aromatic nitrogens is 3. The number of pyridine rings is 1. The van der Waals surface area contributed by atoms with E-state index in [9.17, 15) is 9.59 Å². The van der Waals surface area contributed by atoms with Crippen LogP contribution in [0, 0.1) is 29.6 Å². The number of nitrogens with zero attached hydrogens (tertiary/aromatic N) is 5. The van der Waals surface area contributed by atoms with Gasteiger partial charge in [-0.1, -0.05) is 6.92 Å². The minimum atomic E-state index is -0.195. The molecule has 9 nitrogen and oxygen atoms in total. The molecule has 4 heterocycles. The summed E-state index contributed by atoms with van der Waals surface area (Å²) in [6, 6.07) is 5.62. The smallest absolute Gasteiger partial charge is 0.224 e. The predicted octanol–water partition coefficient (Wildman–Crippen LogP) is 5.20. The zero-order valence-electron chi connectivity index (χ0n) is 22.0. The van der Waals surface area contributed by atoms with Crippen molar-refractivity contribution in [1.82, 2.24) is 20.3 Å². The molecule has 2 aromatic heterocycles. The third kappa shape index (κ3) is 4.95. The number of carbonyl (C=O) groups is 2. The van der Waals surface area contributed by atoms with Gasteiger partial charge in [0, 0.05) is 30.8 Å². The molecule has 0 spiro atoms. The number of fused-ring (bicyclic) bond motifs is 3. The monoisotopic (exact) mass is 515 g/mol. The summed E-state index contributed by atoms with van der Waals surface area (Å²) in [5.41, 5.74) is 1.59. The van der Waals surface area contributed by atoms with Crippen molar-refractivity contribution in [3.05, 3.63) is 48.3 Å². The van der Waals surface area contributed by atoms with E-state index in [4.69, 9.17) is 15.2 Å². The van der Waals surface area contributed by atoms with Gasteiger partial charge in [0.05, 0.1) is 17.6 Å². The zero-order valence-corrected chi connectivity index (χ0v) is 22.0. The predicted molar refractivity (Wildman–Crippen MR) is 142 cm³/mol. The van der Waals surface area contributed by atoms with E-state index >= 15 is 0 Å². The molecule has 8 atom stereocenters. The normalized spacial score (nSPS) is 34.2. The number of hydrogen-bond donors (Lipinski definition) is 2. The van der Waals surface area contributed by atoms with Gasteiger partial charge in [-0.3, -0.25) is 14.6 Å². The lowest BCUT2D eigenvalue weighted by atomic mass is 9.66. The SMILES string of the molecule is CCCC(=O)Nc1ccc(C2N=NC(c3ncccn3)C3CCC4NC(=O)C5CCC5CC4CCC23)nc1. The van der Waals surface area contributed by atoms with Crippen molar-refractivity contribution in [2.45, 2.75) is 82.8 Å². The molecule has 4 aliphatic rings. The molecule has 2 saturated carbocycles. The molecule has 2 N–H and O–H groups in total. The van der Waals surface area contributed by atoms with Gasteiger partial charge in [-0.25, -0.2) is 9.97 Å². The van der Waals surface area contributed by atoms with Crippen LogP contribution in [-0.2, 0) is 9.59 Å².